The fraction of sp³-hybridized carbons (Fsp3) is 0.600. The van der Waals surface area contributed by atoms with Crippen molar-refractivity contribution in [2.24, 2.45) is 0 Å². The Hall–Kier alpha value is 0.390. The van der Waals surface area contributed by atoms with Gasteiger partial charge in [0.1, 0.15) is 0 Å². The highest BCUT2D eigenvalue weighted by atomic mass is 127. The van der Waals surface area contributed by atoms with Gasteiger partial charge in [-0.3, -0.25) is 0 Å². The third-order valence-corrected chi connectivity index (χ3v) is 4.61. The van der Waals surface area contributed by atoms with Crippen LogP contribution in [0.15, 0.2) is 22.7 Å². The summed E-state index contributed by atoms with van der Waals surface area (Å²) >= 11 is 6.02. The van der Waals surface area contributed by atoms with E-state index >= 15 is 0 Å². The standard InChI is InChI=1S/C15H23BrIN/c1-3-5-6-7-8-15(18-4-2)13-11-12(16)9-10-14(13)17/h9-11,15,18H,3-8H2,1-2H3. The van der Waals surface area contributed by atoms with Crippen LogP contribution in [0.25, 0.3) is 0 Å². The molecule has 1 atom stereocenters. The maximum absolute atomic E-state index is 3.62. The molecule has 102 valence electrons. The Bertz CT molecular complexity index is 354. The molecule has 0 aliphatic heterocycles. The zero-order valence-corrected chi connectivity index (χ0v) is 15.1. The summed E-state index contributed by atoms with van der Waals surface area (Å²) in [6, 6.07) is 7.06. The fourth-order valence-electron chi connectivity index (χ4n) is 2.17. The summed E-state index contributed by atoms with van der Waals surface area (Å²) < 4.78 is 2.53. The van der Waals surface area contributed by atoms with Crippen LogP contribution in [0.2, 0.25) is 0 Å². The lowest BCUT2D eigenvalue weighted by Gasteiger charge is -2.20. The minimum absolute atomic E-state index is 0.497. The molecule has 1 unspecified atom stereocenters. The van der Waals surface area contributed by atoms with Crippen molar-refractivity contribution in [2.75, 3.05) is 6.54 Å². The fourth-order valence-corrected chi connectivity index (χ4v) is 3.26. The second-order valence-corrected chi connectivity index (χ2v) is 6.70. The van der Waals surface area contributed by atoms with Gasteiger partial charge in [0.25, 0.3) is 0 Å². The highest BCUT2D eigenvalue weighted by Crippen LogP contribution is 2.27. The first-order valence-electron chi connectivity index (χ1n) is 6.87. The van der Waals surface area contributed by atoms with Crippen LogP contribution >= 0.6 is 38.5 Å². The van der Waals surface area contributed by atoms with Crippen molar-refractivity contribution in [1.82, 2.24) is 5.32 Å². The molecule has 1 rings (SSSR count). The molecule has 0 amide bonds. The lowest BCUT2D eigenvalue weighted by Crippen LogP contribution is -2.21. The highest BCUT2D eigenvalue weighted by molar-refractivity contribution is 14.1. The second kappa shape index (κ2) is 9.32. The summed E-state index contributed by atoms with van der Waals surface area (Å²) in [6.45, 7) is 5.48. The molecule has 0 heterocycles. The van der Waals surface area contributed by atoms with Crippen molar-refractivity contribution in [3.8, 4) is 0 Å². The van der Waals surface area contributed by atoms with Gasteiger partial charge in [0.2, 0.25) is 0 Å². The van der Waals surface area contributed by atoms with E-state index in [0.717, 1.165) is 6.54 Å². The van der Waals surface area contributed by atoms with Gasteiger partial charge < -0.3 is 5.32 Å². The Morgan fingerprint density at radius 1 is 1.22 bits per heavy atom. The maximum atomic E-state index is 3.62. The normalized spacial score (nSPS) is 12.7. The molecule has 0 saturated heterocycles. The largest absolute Gasteiger partial charge is 0.310 e. The van der Waals surface area contributed by atoms with Crippen LogP contribution in [-0.2, 0) is 0 Å². The van der Waals surface area contributed by atoms with E-state index in [1.165, 1.54) is 45.7 Å². The van der Waals surface area contributed by atoms with E-state index in [-0.39, 0.29) is 0 Å². The van der Waals surface area contributed by atoms with Crippen LogP contribution in [0.3, 0.4) is 0 Å². The molecule has 0 radical (unpaired) electrons. The van der Waals surface area contributed by atoms with Crippen molar-refractivity contribution < 1.29 is 0 Å². The second-order valence-electron chi connectivity index (χ2n) is 4.63. The lowest BCUT2D eigenvalue weighted by atomic mass is 10.00. The Morgan fingerprint density at radius 2 is 2.00 bits per heavy atom. The molecule has 3 heteroatoms. The summed E-state index contributed by atoms with van der Waals surface area (Å²) in [5.74, 6) is 0. The molecule has 1 nitrogen and oxygen atoms in total. The molecule has 0 spiro atoms. The topological polar surface area (TPSA) is 12.0 Å². The Labute approximate surface area is 133 Å². The van der Waals surface area contributed by atoms with Crippen LogP contribution in [-0.4, -0.2) is 6.54 Å². The van der Waals surface area contributed by atoms with Crippen LogP contribution < -0.4 is 5.32 Å². The monoisotopic (exact) mass is 423 g/mol. The van der Waals surface area contributed by atoms with Crippen molar-refractivity contribution in [3.05, 3.63) is 31.8 Å². The van der Waals surface area contributed by atoms with Gasteiger partial charge in [-0.25, -0.2) is 0 Å². The number of unbranched alkanes of at least 4 members (excludes halogenated alkanes) is 3. The first-order chi connectivity index (χ1) is 8.69. The minimum atomic E-state index is 0.497. The number of nitrogens with one attached hydrogen (secondary N) is 1. The van der Waals surface area contributed by atoms with Crippen LogP contribution in [0.5, 0.6) is 0 Å². The van der Waals surface area contributed by atoms with Crippen LogP contribution in [0, 0.1) is 3.57 Å². The molecule has 0 bridgehead atoms. The molecule has 1 aromatic rings. The van der Waals surface area contributed by atoms with E-state index in [1.807, 2.05) is 0 Å². The third-order valence-electron chi connectivity index (χ3n) is 3.13. The number of hydrogen-bond acceptors (Lipinski definition) is 1. The Morgan fingerprint density at radius 3 is 2.67 bits per heavy atom. The maximum Gasteiger partial charge on any atom is 0.0331 e. The molecule has 0 saturated carbocycles. The number of halogens is 2. The SMILES string of the molecule is CCCCCCC(NCC)c1cc(Br)ccc1I. The quantitative estimate of drug-likeness (QED) is 0.419. The molecule has 0 aliphatic carbocycles. The molecule has 0 aromatic heterocycles. The number of hydrogen-bond donors (Lipinski definition) is 1. The van der Waals surface area contributed by atoms with Gasteiger partial charge in [0.15, 0.2) is 0 Å². The number of benzene rings is 1. The molecule has 0 aliphatic rings. The van der Waals surface area contributed by atoms with E-state index < -0.39 is 0 Å². The first-order valence-corrected chi connectivity index (χ1v) is 8.74. The molecule has 1 N–H and O–H groups in total. The van der Waals surface area contributed by atoms with Crippen molar-refractivity contribution in [1.29, 1.82) is 0 Å². The molecular formula is C15H23BrIN. The summed E-state index contributed by atoms with van der Waals surface area (Å²) in [5.41, 5.74) is 1.43. The van der Waals surface area contributed by atoms with Gasteiger partial charge in [-0.1, -0.05) is 55.5 Å². The van der Waals surface area contributed by atoms with Crippen LogP contribution in [0.4, 0.5) is 0 Å². The summed E-state index contributed by atoms with van der Waals surface area (Å²) in [4.78, 5) is 0. The molecule has 1 aromatic carbocycles. The zero-order chi connectivity index (χ0) is 13.4. The van der Waals surface area contributed by atoms with Crippen molar-refractivity contribution >= 4 is 38.5 Å². The molecule has 18 heavy (non-hydrogen) atoms. The average Bonchev–Trinajstić information content (AvgIpc) is 2.36. The Kier molecular flexibility index (Phi) is 8.51. The van der Waals surface area contributed by atoms with Gasteiger partial charge in [-0.05, 0) is 59.3 Å². The average molecular weight is 424 g/mol. The van der Waals surface area contributed by atoms with Gasteiger partial charge in [-0.2, -0.15) is 0 Å². The van der Waals surface area contributed by atoms with Crippen molar-refractivity contribution in [3.63, 3.8) is 0 Å². The predicted molar refractivity (Wildman–Crippen MR) is 92.0 cm³/mol. The van der Waals surface area contributed by atoms with Gasteiger partial charge >= 0.3 is 0 Å². The summed E-state index contributed by atoms with van der Waals surface area (Å²) in [5, 5.41) is 3.62. The van der Waals surface area contributed by atoms with Gasteiger partial charge in [-0.15, -0.1) is 0 Å². The predicted octanol–water partition coefficient (Wildman–Crippen LogP) is 5.67. The zero-order valence-electron chi connectivity index (χ0n) is 11.3. The Balaban J connectivity index is 2.67. The van der Waals surface area contributed by atoms with Crippen molar-refractivity contribution in [2.45, 2.75) is 52.0 Å². The summed E-state index contributed by atoms with van der Waals surface area (Å²) in [7, 11) is 0. The highest BCUT2D eigenvalue weighted by Gasteiger charge is 2.13. The number of rotatable bonds is 8. The minimum Gasteiger partial charge on any atom is -0.310 e. The van der Waals surface area contributed by atoms with E-state index in [0.29, 0.717) is 6.04 Å². The molecule has 0 fully saturated rings. The molecular weight excluding hydrogens is 401 g/mol. The smallest absolute Gasteiger partial charge is 0.0331 e. The van der Waals surface area contributed by atoms with Gasteiger partial charge in [0.05, 0.1) is 0 Å². The lowest BCUT2D eigenvalue weighted by molar-refractivity contribution is 0.480. The van der Waals surface area contributed by atoms with E-state index in [9.17, 15) is 0 Å². The van der Waals surface area contributed by atoms with E-state index in [2.05, 4.69) is 75.9 Å². The van der Waals surface area contributed by atoms with E-state index in [1.54, 1.807) is 0 Å². The van der Waals surface area contributed by atoms with Gasteiger partial charge in [0, 0.05) is 14.1 Å². The van der Waals surface area contributed by atoms with E-state index in [4.69, 9.17) is 0 Å². The van der Waals surface area contributed by atoms with Crippen LogP contribution in [0.1, 0.15) is 57.6 Å². The third kappa shape index (κ3) is 5.57. The first kappa shape index (κ1) is 16.4. The summed E-state index contributed by atoms with van der Waals surface area (Å²) in [6.07, 6.45) is 6.56.